The highest BCUT2D eigenvalue weighted by atomic mass is 16.6. The molecular formula is C12H8N2O3. The van der Waals surface area contributed by atoms with E-state index in [1.807, 2.05) is 0 Å². The van der Waals surface area contributed by atoms with Gasteiger partial charge in [-0.05, 0) is 18.2 Å². The van der Waals surface area contributed by atoms with E-state index in [1.54, 1.807) is 18.2 Å². The van der Waals surface area contributed by atoms with E-state index in [1.165, 1.54) is 30.6 Å². The van der Waals surface area contributed by atoms with Gasteiger partial charge in [0.25, 0.3) is 5.69 Å². The molecule has 2 aromatic rings. The molecule has 5 heteroatoms. The van der Waals surface area contributed by atoms with Crippen molar-refractivity contribution in [2.75, 3.05) is 0 Å². The Morgan fingerprint density at radius 3 is 2.59 bits per heavy atom. The van der Waals surface area contributed by atoms with Gasteiger partial charge in [-0.25, -0.2) is 0 Å². The highest BCUT2D eigenvalue weighted by Crippen LogP contribution is 2.20. The van der Waals surface area contributed by atoms with Crippen LogP contribution in [0.1, 0.15) is 15.9 Å². The summed E-state index contributed by atoms with van der Waals surface area (Å²) in [5.74, 6) is -0.398. The number of rotatable bonds is 3. The van der Waals surface area contributed by atoms with Crippen LogP contribution in [-0.4, -0.2) is 15.7 Å². The first-order chi connectivity index (χ1) is 8.20. The SMILES string of the molecule is O=C(c1cccnc1)c1ccccc1[N+](=O)[O-]. The fourth-order valence-electron chi connectivity index (χ4n) is 1.48. The van der Waals surface area contributed by atoms with Crippen molar-refractivity contribution in [2.24, 2.45) is 0 Å². The quantitative estimate of drug-likeness (QED) is 0.458. The van der Waals surface area contributed by atoms with Crippen molar-refractivity contribution in [1.29, 1.82) is 0 Å². The largest absolute Gasteiger partial charge is 0.288 e. The Bertz CT molecular complexity index is 567. The Morgan fingerprint density at radius 1 is 1.18 bits per heavy atom. The number of nitro groups is 1. The number of aromatic nitrogens is 1. The molecule has 17 heavy (non-hydrogen) atoms. The molecule has 0 spiro atoms. The van der Waals surface area contributed by atoms with E-state index in [0.717, 1.165) is 0 Å². The van der Waals surface area contributed by atoms with Crippen molar-refractivity contribution >= 4 is 11.5 Å². The molecule has 0 bridgehead atoms. The molecule has 0 saturated heterocycles. The van der Waals surface area contributed by atoms with Crippen LogP contribution in [0.5, 0.6) is 0 Å². The maximum atomic E-state index is 12.0. The molecule has 0 amide bonds. The van der Waals surface area contributed by atoms with E-state index < -0.39 is 10.7 Å². The topological polar surface area (TPSA) is 73.1 Å². The van der Waals surface area contributed by atoms with Gasteiger partial charge in [0.2, 0.25) is 5.78 Å². The van der Waals surface area contributed by atoms with Crippen molar-refractivity contribution in [1.82, 2.24) is 4.98 Å². The van der Waals surface area contributed by atoms with Crippen LogP contribution < -0.4 is 0 Å². The third-order valence-electron chi connectivity index (χ3n) is 2.27. The molecular weight excluding hydrogens is 220 g/mol. The lowest BCUT2D eigenvalue weighted by atomic mass is 10.0. The van der Waals surface area contributed by atoms with Gasteiger partial charge in [-0.3, -0.25) is 19.9 Å². The van der Waals surface area contributed by atoms with Crippen LogP contribution in [0.4, 0.5) is 5.69 Å². The maximum Gasteiger partial charge on any atom is 0.280 e. The molecule has 0 aliphatic heterocycles. The van der Waals surface area contributed by atoms with Crippen LogP contribution in [-0.2, 0) is 0 Å². The van der Waals surface area contributed by atoms with Gasteiger partial charge in [-0.15, -0.1) is 0 Å². The summed E-state index contributed by atoms with van der Waals surface area (Å²) in [7, 11) is 0. The number of nitrogens with zero attached hydrogens (tertiary/aromatic N) is 2. The lowest BCUT2D eigenvalue weighted by Gasteiger charge is -2.01. The third-order valence-corrected chi connectivity index (χ3v) is 2.27. The summed E-state index contributed by atoms with van der Waals surface area (Å²) in [5.41, 5.74) is 0.216. The van der Waals surface area contributed by atoms with Crippen molar-refractivity contribution in [3.05, 3.63) is 70.0 Å². The molecule has 1 aromatic heterocycles. The lowest BCUT2D eigenvalue weighted by molar-refractivity contribution is -0.385. The summed E-state index contributed by atoms with van der Waals surface area (Å²) >= 11 is 0. The van der Waals surface area contributed by atoms with Crippen LogP contribution in [0.2, 0.25) is 0 Å². The zero-order valence-electron chi connectivity index (χ0n) is 8.74. The number of benzene rings is 1. The summed E-state index contributed by atoms with van der Waals surface area (Å²) < 4.78 is 0. The summed E-state index contributed by atoms with van der Waals surface area (Å²) in [4.78, 5) is 26.1. The molecule has 0 saturated carbocycles. The number of hydrogen-bond donors (Lipinski definition) is 0. The van der Waals surface area contributed by atoms with Crippen LogP contribution in [0.25, 0.3) is 0 Å². The summed E-state index contributed by atoms with van der Waals surface area (Å²) in [6, 6.07) is 9.06. The average Bonchev–Trinajstić information content (AvgIpc) is 2.39. The summed E-state index contributed by atoms with van der Waals surface area (Å²) in [6.45, 7) is 0. The predicted molar refractivity (Wildman–Crippen MR) is 60.8 cm³/mol. The minimum Gasteiger partial charge on any atom is -0.288 e. The van der Waals surface area contributed by atoms with E-state index in [-0.39, 0.29) is 11.3 Å². The maximum absolute atomic E-state index is 12.0. The van der Waals surface area contributed by atoms with Gasteiger partial charge < -0.3 is 0 Å². The predicted octanol–water partition coefficient (Wildman–Crippen LogP) is 2.22. The molecule has 84 valence electrons. The Kier molecular flexibility index (Phi) is 2.91. The molecule has 0 radical (unpaired) electrons. The van der Waals surface area contributed by atoms with Crippen molar-refractivity contribution in [3.8, 4) is 0 Å². The zero-order valence-corrected chi connectivity index (χ0v) is 8.74. The van der Waals surface area contributed by atoms with Gasteiger partial charge in [0.1, 0.15) is 5.56 Å². The van der Waals surface area contributed by atoms with Crippen LogP contribution >= 0.6 is 0 Å². The third kappa shape index (κ3) is 2.17. The molecule has 1 aromatic carbocycles. The fourth-order valence-corrected chi connectivity index (χ4v) is 1.48. The molecule has 0 aliphatic carbocycles. The standard InChI is InChI=1S/C12H8N2O3/c15-12(9-4-3-7-13-8-9)10-5-1-2-6-11(10)14(16)17/h1-8H. The van der Waals surface area contributed by atoms with Crippen LogP contribution in [0.15, 0.2) is 48.8 Å². The second-order valence-corrected chi connectivity index (χ2v) is 3.35. The van der Waals surface area contributed by atoms with Gasteiger partial charge in [-0.2, -0.15) is 0 Å². The van der Waals surface area contributed by atoms with Gasteiger partial charge in [-0.1, -0.05) is 12.1 Å². The van der Waals surface area contributed by atoms with E-state index in [9.17, 15) is 14.9 Å². The van der Waals surface area contributed by atoms with Crippen LogP contribution in [0, 0.1) is 10.1 Å². The van der Waals surface area contributed by atoms with Crippen LogP contribution in [0.3, 0.4) is 0 Å². The highest BCUT2D eigenvalue weighted by Gasteiger charge is 2.20. The molecule has 0 unspecified atom stereocenters. The molecule has 0 atom stereocenters. The molecule has 0 N–H and O–H groups in total. The van der Waals surface area contributed by atoms with E-state index >= 15 is 0 Å². The van der Waals surface area contributed by atoms with E-state index in [0.29, 0.717) is 5.56 Å². The van der Waals surface area contributed by atoms with Crippen molar-refractivity contribution in [3.63, 3.8) is 0 Å². The smallest absolute Gasteiger partial charge is 0.280 e. The zero-order chi connectivity index (χ0) is 12.3. The second kappa shape index (κ2) is 4.52. The molecule has 0 fully saturated rings. The number of hydrogen-bond acceptors (Lipinski definition) is 4. The average molecular weight is 228 g/mol. The first kappa shape index (κ1) is 10.9. The number of pyridine rings is 1. The lowest BCUT2D eigenvalue weighted by Crippen LogP contribution is -2.05. The summed E-state index contributed by atoms with van der Waals surface area (Å²) in [6.07, 6.45) is 2.93. The minimum atomic E-state index is -0.566. The van der Waals surface area contributed by atoms with Crippen molar-refractivity contribution in [2.45, 2.75) is 0 Å². The Balaban J connectivity index is 2.48. The molecule has 1 heterocycles. The van der Waals surface area contributed by atoms with Gasteiger partial charge >= 0.3 is 0 Å². The Morgan fingerprint density at radius 2 is 1.94 bits per heavy atom. The first-order valence-corrected chi connectivity index (χ1v) is 4.88. The Labute approximate surface area is 96.9 Å². The van der Waals surface area contributed by atoms with Crippen molar-refractivity contribution < 1.29 is 9.72 Å². The normalized spacial score (nSPS) is 9.88. The van der Waals surface area contributed by atoms with E-state index in [4.69, 9.17) is 0 Å². The summed E-state index contributed by atoms with van der Waals surface area (Å²) in [5, 5.41) is 10.8. The number of carbonyl (C=O) groups is 1. The number of carbonyl (C=O) groups excluding carboxylic acids is 1. The van der Waals surface area contributed by atoms with Gasteiger partial charge in [0, 0.05) is 24.0 Å². The van der Waals surface area contributed by atoms with Gasteiger partial charge in [0.15, 0.2) is 0 Å². The minimum absolute atomic E-state index is 0.0745. The monoisotopic (exact) mass is 228 g/mol. The second-order valence-electron chi connectivity index (χ2n) is 3.35. The first-order valence-electron chi connectivity index (χ1n) is 4.88. The number of nitro benzene ring substituents is 1. The van der Waals surface area contributed by atoms with E-state index in [2.05, 4.69) is 4.98 Å². The number of para-hydroxylation sites is 1. The van der Waals surface area contributed by atoms with Gasteiger partial charge in [0.05, 0.1) is 4.92 Å². The highest BCUT2D eigenvalue weighted by molar-refractivity contribution is 6.11. The molecule has 2 rings (SSSR count). The number of ketones is 1. The fraction of sp³-hybridized carbons (Fsp3) is 0. The molecule has 5 nitrogen and oxygen atoms in total. The molecule has 0 aliphatic rings. The Hall–Kier alpha value is -2.56.